The summed E-state index contributed by atoms with van der Waals surface area (Å²) < 4.78 is 127. The highest BCUT2D eigenvalue weighted by Crippen LogP contribution is 2.49. The monoisotopic (exact) mass is 629 g/mol. The first-order valence-electron chi connectivity index (χ1n) is 12.8. The smallest absolute Gasteiger partial charge is 0.375 e. The molecule has 3 heterocycles. The lowest BCUT2D eigenvalue weighted by atomic mass is 9.88. The Morgan fingerprint density at radius 3 is 2.16 bits per heavy atom. The second-order valence-electron chi connectivity index (χ2n) is 10.4. The van der Waals surface area contributed by atoms with Crippen LogP contribution >= 0.6 is 0 Å². The van der Waals surface area contributed by atoms with Gasteiger partial charge in [0.1, 0.15) is 0 Å². The van der Waals surface area contributed by atoms with Gasteiger partial charge in [-0.2, -0.15) is 39.5 Å². The molecule has 0 N–H and O–H groups in total. The lowest BCUT2D eigenvalue weighted by molar-refractivity contribution is -0.193. The van der Waals surface area contributed by atoms with Crippen molar-refractivity contribution in [2.24, 2.45) is 0 Å². The maximum absolute atomic E-state index is 14.8. The van der Waals surface area contributed by atoms with Gasteiger partial charge in [-0.25, -0.2) is 4.39 Å². The fourth-order valence-electron chi connectivity index (χ4n) is 5.60. The molecule has 2 aromatic carbocycles. The number of anilines is 3. The van der Waals surface area contributed by atoms with E-state index < -0.39 is 41.5 Å². The first-order valence-corrected chi connectivity index (χ1v) is 12.8. The first-order chi connectivity index (χ1) is 19.8. The number of benzene rings is 2. The standard InChI is InChI=1S/C23H25F4N3O.C4F6O2/c1-28-7-6-19-17(12-28)16-11-15(10-14-13-31-9-8-30(19)22(14)16)29(2)20-5-3-4-18(21(20)24)23(25,26)27;5-3(6,7)1(11)2(12)4(8,9)10/h3-5,10-11,17,19H,6-9,12-13H2,1-2H3;/t17-,19-;/m0./s1. The van der Waals surface area contributed by atoms with Crippen LogP contribution in [0.2, 0.25) is 0 Å². The molecule has 5 rings (SSSR count). The van der Waals surface area contributed by atoms with E-state index in [1.54, 1.807) is 7.05 Å². The van der Waals surface area contributed by atoms with E-state index in [4.69, 9.17) is 4.74 Å². The molecule has 2 aromatic rings. The third-order valence-corrected chi connectivity index (χ3v) is 7.56. The Morgan fingerprint density at radius 2 is 1.58 bits per heavy atom. The van der Waals surface area contributed by atoms with Gasteiger partial charge in [-0.1, -0.05) is 6.07 Å². The highest BCUT2D eigenvalue weighted by atomic mass is 19.4. The Hall–Kier alpha value is -3.40. The Kier molecular flexibility index (Phi) is 8.77. The molecule has 0 amide bonds. The number of rotatable bonds is 3. The van der Waals surface area contributed by atoms with Crippen molar-refractivity contribution < 1.29 is 58.2 Å². The Balaban J connectivity index is 0.000000301. The lowest BCUT2D eigenvalue weighted by Gasteiger charge is -2.37. The largest absolute Gasteiger partial charge is 0.458 e. The quantitative estimate of drug-likeness (QED) is 0.307. The first kappa shape index (κ1) is 32.5. The number of likely N-dealkylation sites (tertiary alicyclic amines) is 1. The molecular formula is C27H25F10N3O3. The van der Waals surface area contributed by atoms with Gasteiger partial charge in [0.05, 0.1) is 24.5 Å². The van der Waals surface area contributed by atoms with Gasteiger partial charge in [-0.15, -0.1) is 0 Å². The Morgan fingerprint density at radius 1 is 0.953 bits per heavy atom. The molecule has 0 spiro atoms. The summed E-state index contributed by atoms with van der Waals surface area (Å²) in [6.45, 7) is 3.88. The molecule has 0 saturated carbocycles. The van der Waals surface area contributed by atoms with E-state index in [0.717, 1.165) is 37.7 Å². The molecule has 0 bridgehead atoms. The summed E-state index contributed by atoms with van der Waals surface area (Å²) in [5, 5.41) is 0. The van der Waals surface area contributed by atoms with Gasteiger partial charge in [-0.3, -0.25) is 9.59 Å². The SMILES string of the molecule is CN1CC[C@H]2[C@@H](C1)c1cc(N(C)c3cccc(C(F)(F)F)c3F)cc3c1N2CCOC3.O=C(C(=O)C(F)(F)F)C(F)(F)F. The number of alkyl halides is 9. The normalized spacial score (nSPS) is 20.4. The molecule has 0 unspecified atom stereocenters. The van der Waals surface area contributed by atoms with Crippen molar-refractivity contribution in [2.45, 2.75) is 43.5 Å². The summed E-state index contributed by atoms with van der Waals surface area (Å²) in [6, 6.07) is 7.76. The predicted molar refractivity (Wildman–Crippen MR) is 134 cm³/mol. The molecule has 2 atom stereocenters. The number of fused-ring (bicyclic) bond motifs is 3. The minimum absolute atomic E-state index is 0.0938. The van der Waals surface area contributed by atoms with Crippen LogP contribution in [0, 0.1) is 5.82 Å². The van der Waals surface area contributed by atoms with Crippen molar-refractivity contribution in [1.82, 2.24) is 4.90 Å². The third kappa shape index (κ3) is 6.59. The average molecular weight is 629 g/mol. The number of hydrogen-bond acceptors (Lipinski definition) is 6. The maximum Gasteiger partial charge on any atom is 0.458 e. The zero-order valence-corrected chi connectivity index (χ0v) is 22.6. The van der Waals surface area contributed by atoms with Crippen LogP contribution in [-0.4, -0.2) is 75.2 Å². The number of ketones is 2. The number of hydrogen-bond donors (Lipinski definition) is 0. The molecule has 0 radical (unpaired) electrons. The van der Waals surface area contributed by atoms with E-state index in [1.807, 2.05) is 12.1 Å². The van der Waals surface area contributed by atoms with E-state index in [9.17, 15) is 53.5 Å². The van der Waals surface area contributed by atoms with Crippen molar-refractivity contribution in [2.75, 3.05) is 50.1 Å². The number of carbonyl (C=O) groups is 2. The van der Waals surface area contributed by atoms with Gasteiger partial charge in [0.25, 0.3) is 0 Å². The Labute approximate surface area is 238 Å². The van der Waals surface area contributed by atoms with Crippen LogP contribution in [0.4, 0.5) is 61.0 Å². The number of carbonyl (C=O) groups excluding carboxylic acids is 2. The number of ether oxygens (including phenoxy) is 1. The van der Waals surface area contributed by atoms with Crippen molar-refractivity contribution in [1.29, 1.82) is 0 Å². The molecule has 0 aromatic heterocycles. The summed E-state index contributed by atoms with van der Waals surface area (Å²) in [4.78, 5) is 25.5. The van der Waals surface area contributed by atoms with Crippen molar-refractivity contribution in [3.63, 3.8) is 0 Å². The maximum atomic E-state index is 14.8. The second kappa shape index (κ2) is 11.6. The molecule has 236 valence electrons. The molecule has 16 heteroatoms. The van der Waals surface area contributed by atoms with Gasteiger partial charge in [0.2, 0.25) is 0 Å². The van der Waals surface area contributed by atoms with Crippen molar-refractivity contribution in [3.8, 4) is 0 Å². The van der Waals surface area contributed by atoms with Gasteiger partial charge in [0.15, 0.2) is 5.82 Å². The number of nitrogens with zero attached hydrogens (tertiary/aromatic N) is 3. The van der Waals surface area contributed by atoms with Gasteiger partial charge in [-0.05, 0) is 49.8 Å². The zero-order valence-electron chi connectivity index (χ0n) is 22.6. The molecule has 0 aliphatic carbocycles. The highest BCUT2D eigenvalue weighted by Gasteiger charge is 2.54. The number of Topliss-reactive ketones (excluding diaryl/α,β-unsaturated/α-hetero) is 2. The van der Waals surface area contributed by atoms with Crippen LogP contribution in [0.5, 0.6) is 0 Å². The van der Waals surface area contributed by atoms with Crippen molar-refractivity contribution in [3.05, 3.63) is 52.8 Å². The summed E-state index contributed by atoms with van der Waals surface area (Å²) in [7, 11) is 3.73. The minimum Gasteiger partial charge on any atom is -0.375 e. The van der Waals surface area contributed by atoms with Gasteiger partial charge in [0, 0.05) is 49.0 Å². The number of piperidine rings is 1. The fourth-order valence-corrected chi connectivity index (χ4v) is 5.60. The van der Waals surface area contributed by atoms with Crippen LogP contribution < -0.4 is 9.80 Å². The van der Waals surface area contributed by atoms with E-state index in [1.165, 1.54) is 28.3 Å². The molecule has 1 saturated heterocycles. The highest BCUT2D eigenvalue weighted by molar-refractivity contribution is 6.41. The van der Waals surface area contributed by atoms with Crippen LogP contribution in [-0.2, 0) is 27.1 Å². The van der Waals surface area contributed by atoms with E-state index in [0.29, 0.717) is 30.9 Å². The van der Waals surface area contributed by atoms with Gasteiger partial charge >= 0.3 is 30.1 Å². The summed E-state index contributed by atoms with van der Waals surface area (Å²) in [6.07, 6.45) is -15.2. The Bertz CT molecular complexity index is 1370. The van der Waals surface area contributed by atoms with Crippen LogP contribution in [0.15, 0.2) is 30.3 Å². The van der Waals surface area contributed by atoms with E-state index in [2.05, 4.69) is 16.8 Å². The molecule has 3 aliphatic heterocycles. The zero-order chi connectivity index (χ0) is 32.1. The molecule has 3 aliphatic rings. The summed E-state index contributed by atoms with van der Waals surface area (Å²) in [5.41, 5.74) is 2.73. The third-order valence-electron chi connectivity index (χ3n) is 7.56. The minimum atomic E-state index is -5.77. The summed E-state index contributed by atoms with van der Waals surface area (Å²) in [5.74, 6) is -7.74. The number of halogens is 10. The lowest BCUT2D eigenvalue weighted by Crippen LogP contribution is -2.45. The second-order valence-corrected chi connectivity index (χ2v) is 10.4. The topological polar surface area (TPSA) is 53.1 Å². The van der Waals surface area contributed by atoms with Crippen LogP contribution in [0.1, 0.15) is 29.0 Å². The molecule has 1 fully saturated rings. The fraction of sp³-hybridized carbons (Fsp3) is 0.481. The van der Waals surface area contributed by atoms with E-state index in [-0.39, 0.29) is 5.69 Å². The summed E-state index contributed by atoms with van der Waals surface area (Å²) >= 11 is 0. The average Bonchev–Trinajstić information content (AvgIpc) is 3.05. The van der Waals surface area contributed by atoms with Crippen LogP contribution in [0.25, 0.3) is 0 Å². The van der Waals surface area contributed by atoms with Crippen LogP contribution in [0.3, 0.4) is 0 Å². The van der Waals surface area contributed by atoms with Crippen molar-refractivity contribution >= 4 is 28.6 Å². The molecule has 6 nitrogen and oxygen atoms in total. The van der Waals surface area contributed by atoms with Gasteiger partial charge < -0.3 is 19.4 Å². The number of likely N-dealkylation sites (N-methyl/N-ethyl adjacent to an activating group) is 1. The van der Waals surface area contributed by atoms with E-state index >= 15 is 0 Å². The molecule has 43 heavy (non-hydrogen) atoms. The molecular weight excluding hydrogens is 604 g/mol. The predicted octanol–water partition coefficient (Wildman–Crippen LogP) is 6.00.